The van der Waals surface area contributed by atoms with E-state index in [0.717, 1.165) is 22.9 Å². The zero-order chi connectivity index (χ0) is 10.9. The first-order chi connectivity index (χ1) is 7.34. The molecule has 2 N–H and O–H groups in total. The van der Waals surface area contributed by atoms with Crippen molar-refractivity contribution in [3.05, 3.63) is 17.7 Å². The predicted octanol–water partition coefficient (Wildman–Crippen LogP) is 1.89. The van der Waals surface area contributed by atoms with Gasteiger partial charge in [0, 0.05) is 23.7 Å². The summed E-state index contributed by atoms with van der Waals surface area (Å²) in [6.07, 6.45) is 4.89. The van der Waals surface area contributed by atoms with Crippen LogP contribution in [0, 0.1) is 18.4 Å². The number of aromatic nitrogens is 2. The number of nitrogens with one attached hydrogen (secondary N) is 2. The van der Waals surface area contributed by atoms with Crippen molar-refractivity contribution in [1.29, 1.82) is 5.26 Å². The molecule has 0 fully saturated rings. The lowest BCUT2D eigenvalue weighted by atomic mass is 10.4. The van der Waals surface area contributed by atoms with Crippen molar-refractivity contribution in [3.63, 3.8) is 0 Å². The van der Waals surface area contributed by atoms with E-state index in [-0.39, 0.29) is 24.8 Å². The lowest BCUT2D eigenvalue weighted by Gasteiger charge is -1.97. The molecule has 0 atom stereocenters. The molecule has 0 aliphatic carbocycles. The molecule has 0 bridgehead atoms. The van der Waals surface area contributed by atoms with E-state index < -0.39 is 0 Å². The van der Waals surface area contributed by atoms with E-state index in [1.807, 2.05) is 6.92 Å². The number of H-pyrrole nitrogens is 1. The molecule has 96 valence electrons. The van der Waals surface area contributed by atoms with Gasteiger partial charge in [-0.2, -0.15) is 17.0 Å². The summed E-state index contributed by atoms with van der Waals surface area (Å²) < 4.78 is 0. The molecule has 1 heterocycles. The third kappa shape index (κ3) is 7.91. The van der Waals surface area contributed by atoms with E-state index in [0.29, 0.717) is 6.54 Å². The van der Waals surface area contributed by atoms with Gasteiger partial charge >= 0.3 is 0 Å². The van der Waals surface area contributed by atoms with E-state index in [1.54, 1.807) is 24.3 Å². The Morgan fingerprint density at radius 1 is 1.65 bits per heavy atom. The summed E-state index contributed by atoms with van der Waals surface area (Å²) in [7, 11) is 0. The van der Waals surface area contributed by atoms with E-state index in [9.17, 15) is 0 Å². The highest BCUT2D eigenvalue weighted by atomic mass is 35.5. The van der Waals surface area contributed by atoms with Crippen LogP contribution in [0.2, 0.25) is 0 Å². The molecule has 0 saturated heterocycles. The average molecular weight is 296 g/mol. The Morgan fingerprint density at radius 2 is 2.41 bits per heavy atom. The minimum atomic E-state index is 0. The maximum absolute atomic E-state index is 8.16. The first-order valence-corrected chi connectivity index (χ1v) is 5.69. The lowest BCUT2D eigenvalue weighted by molar-refractivity contribution is 1.12. The first-order valence-electron chi connectivity index (χ1n) is 4.54. The normalized spacial score (nSPS) is 9.18. The summed E-state index contributed by atoms with van der Waals surface area (Å²) >= 11 is 1.78. The van der Waals surface area contributed by atoms with Crippen LogP contribution in [0.4, 0.5) is 0 Å². The minimum Gasteiger partial charge on any atom is -0.348 e. The number of nitrogens with zero attached hydrogens (tertiary/aromatic N) is 3. The maximum Gasteiger partial charge on any atom is 0.182 e. The van der Waals surface area contributed by atoms with Crippen LogP contribution in [0.5, 0.6) is 0 Å². The number of aryl methyl sites for hydroxylation is 1. The van der Waals surface area contributed by atoms with Gasteiger partial charge in [0.25, 0.3) is 0 Å². The molecule has 0 saturated carbocycles. The number of aliphatic imine (C=N–C) groups is 1. The molecule has 8 heteroatoms. The monoisotopic (exact) mass is 295 g/mol. The van der Waals surface area contributed by atoms with Gasteiger partial charge < -0.3 is 4.98 Å². The molecule has 5 nitrogen and oxygen atoms in total. The van der Waals surface area contributed by atoms with E-state index >= 15 is 0 Å². The fraction of sp³-hybridized carbons (Fsp3) is 0.444. The third-order valence-corrected chi connectivity index (χ3v) is 2.71. The second-order valence-corrected chi connectivity index (χ2v) is 3.92. The van der Waals surface area contributed by atoms with Crippen molar-refractivity contribution in [3.8, 4) is 6.19 Å². The highest BCUT2D eigenvalue weighted by Crippen LogP contribution is 2.11. The molecule has 0 amide bonds. The Bertz CT molecular complexity index is 361. The molecule has 0 aliphatic rings. The Kier molecular flexibility index (Phi) is 12.6. The van der Waals surface area contributed by atoms with Crippen LogP contribution in [0.25, 0.3) is 0 Å². The van der Waals surface area contributed by atoms with Crippen molar-refractivity contribution in [2.45, 2.75) is 12.7 Å². The number of thioether (sulfide) groups is 1. The van der Waals surface area contributed by atoms with Crippen LogP contribution >= 0.6 is 36.6 Å². The largest absolute Gasteiger partial charge is 0.348 e. The van der Waals surface area contributed by atoms with E-state index in [4.69, 9.17) is 5.26 Å². The summed E-state index contributed by atoms with van der Waals surface area (Å²) in [6, 6.07) is 0. The number of halogens is 2. The van der Waals surface area contributed by atoms with Gasteiger partial charge in [-0.15, -0.1) is 24.8 Å². The second kappa shape index (κ2) is 11.6. The number of aromatic amines is 1. The second-order valence-electron chi connectivity index (χ2n) is 2.82. The van der Waals surface area contributed by atoms with Gasteiger partial charge in [0.1, 0.15) is 0 Å². The number of nitriles is 1. The van der Waals surface area contributed by atoms with Crippen LogP contribution < -0.4 is 5.32 Å². The van der Waals surface area contributed by atoms with Gasteiger partial charge in [0.2, 0.25) is 0 Å². The molecule has 1 rings (SSSR count). The molecule has 0 radical (unpaired) electrons. The highest BCUT2D eigenvalue weighted by Gasteiger charge is 1.99. The van der Waals surface area contributed by atoms with Crippen LogP contribution in [-0.2, 0) is 5.75 Å². The molecule has 17 heavy (non-hydrogen) atoms. The molecule has 0 unspecified atom stereocenters. The predicted molar refractivity (Wildman–Crippen MR) is 76.1 cm³/mol. The summed E-state index contributed by atoms with van der Waals surface area (Å²) in [5, 5.41) is 10.5. The van der Waals surface area contributed by atoms with Crippen molar-refractivity contribution in [1.82, 2.24) is 15.3 Å². The Labute approximate surface area is 117 Å². The Morgan fingerprint density at radius 3 is 3.00 bits per heavy atom. The van der Waals surface area contributed by atoms with Crippen LogP contribution in [-0.4, -0.2) is 28.6 Å². The van der Waals surface area contributed by atoms with Gasteiger partial charge in [-0.05, 0) is 6.92 Å². The molecule has 0 aliphatic heterocycles. The summed E-state index contributed by atoms with van der Waals surface area (Å²) in [5.41, 5.74) is 2.22. The molecule has 0 aromatic carbocycles. The third-order valence-electron chi connectivity index (χ3n) is 1.76. The van der Waals surface area contributed by atoms with Crippen molar-refractivity contribution in [2.75, 3.05) is 12.3 Å². The summed E-state index contributed by atoms with van der Waals surface area (Å²) in [4.78, 5) is 11.2. The Balaban J connectivity index is 0. The van der Waals surface area contributed by atoms with Gasteiger partial charge in [-0.1, -0.05) is 0 Å². The number of rotatable bonds is 6. The molecule has 1 aromatic rings. The summed E-state index contributed by atoms with van der Waals surface area (Å²) in [6.45, 7) is 2.72. The van der Waals surface area contributed by atoms with Gasteiger partial charge in [-0.3, -0.25) is 10.3 Å². The minimum absolute atomic E-state index is 0. The molecular formula is C9H15Cl2N5S. The van der Waals surface area contributed by atoms with Crippen LogP contribution in [0.1, 0.15) is 11.4 Å². The zero-order valence-corrected chi connectivity index (χ0v) is 11.8. The molecule has 0 spiro atoms. The number of hydrogen-bond donors (Lipinski definition) is 2. The van der Waals surface area contributed by atoms with Crippen molar-refractivity contribution >= 4 is 42.9 Å². The SMILES string of the molecule is Cc1[nH]cnc1CSCCN=CNC#N.Cl.Cl. The first kappa shape index (κ1) is 18.5. The standard InChI is InChI=1S/C9H13N5S.2ClH/c1-8-9(14-7-13-8)4-15-3-2-11-6-12-5-10;;/h6-7H,2-4H2,1H3,(H,11,12)(H,13,14);2*1H. The van der Waals surface area contributed by atoms with Gasteiger partial charge in [0.15, 0.2) is 6.19 Å². The number of hydrogen-bond acceptors (Lipinski definition) is 4. The smallest absolute Gasteiger partial charge is 0.182 e. The van der Waals surface area contributed by atoms with Gasteiger partial charge in [-0.25, -0.2) is 4.98 Å². The quantitative estimate of drug-likeness (QED) is 0.276. The summed E-state index contributed by atoms with van der Waals surface area (Å²) in [5.74, 6) is 1.83. The lowest BCUT2D eigenvalue weighted by Crippen LogP contribution is -2.01. The van der Waals surface area contributed by atoms with E-state index in [1.165, 1.54) is 6.34 Å². The fourth-order valence-electron chi connectivity index (χ4n) is 0.958. The topological polar surface area (TPSA) is 76.9 Å². The van der Waals surface area contributed by atoms with Gasteiger partial charge in [0.05, 0.1) is 18.4 Å². The highest BCUT2D eigenvalue weighted by molar-refractivity contribution is 7.98. The fourth-order valence-corrected chi connectivity index (χ4v) is 1.82. The van der Waals surface area contributed by atoms with Crippen molar-refractivity contribution in [2.24, 2.45) is 4.99 Å². The number of imidazole rings is 1. The molecule has 1 aromatic heterocycles. The van der Waals surface area contributed by atoms with Crippen LogP contribution in [0.15, 0.2) is 11.3 Å². The Hall–Kier alpha value is -0.900. The molecular weight excluding hydrogens is 281 g/mol. The zero-order valence-electron chi connectivity index (χ0n) is 9.34. The van der Waals surface area contributed by atoms with Crippen molar-refractivity contribution < 1.29 is 0 Å². The van der Waals surface area contributed by atoms with Crippen LogP contribution in [0.3, 0.4) is 0 Å². The maximum atomic E-state index is 8.16. The van der Waals surface area contributed by atoms with E-state index in [2.05, 4.69) is 20.3 Å². The average Bonchev–Trinajstić information content (AvgIpc) is 2.63.